The minimum absolute atomic E-state index is 0.186. The Labute approximate surface area is 223 Å². The molecule has 0 atom stereocenters. The van der Waals surface area contributed by atoms with Gasteiger partial charge in [0, 0.05) is 23.8 Å². The Balaban J connectivity index is 1.84. The minimum atomic E-state index is -4.59. The van der Waals surface area contributed by atoms with E-state index in [1.54, 1.807) is 37.4 Å². The molecule has 0 radical (unpaired) electrons. The first kappa shape index (κ1) is 26.9. The van der Waals surface area contributed by atoms with Crippen molar-refractivity contribution in [1.82, 2.24) is 10.7 Å². The number of halogens is 4. The molecule has 3 N–H and O–H groups in total. The SMILES string of the molecule is CN/N=C(/C)c1cccc(-c2c(OCc3ccc(Cl)cc3)ccc(C3=CC=CNC(C(F)(F)F)=C3)c2O)c1. The number of phenols is 1. The first-order valence-electron chi connectivity index (χ1n) is 11.6. The fourth-order valence-corrected chi connectivity index (χ4v) is 4.07. The molecule has 0 saturated heterocycles. The molecule has 0 unspecified atom stereocenters. The van der Waals surface area contributed by atoms with Crippen molar-refractivity contribution in [3.8, 4) is 22.6 Å². The molecule has 0 fully saturated rings. The summed E-state index contributed by atoms with van der Waals surface area (Å²) in [5.74, 6) is 0.155. The molecule has 3 aromatic rings. The molecule has 9 heteroatoms. The van der Waals surface area contributed by atoms with E-state index in [2.05, 4.69) is 15.8 Å². The number of hydrogen-bond donors (Lipinski definition) is 3. The number of hydrogen-bond acceptors (Lipinski definition) is 5. The molecule has 5 nitrogen and oxygen atoms in total. The average molecular weight is 540 g/mol. The molecule has 4 rings (SSSR count). The van der Waals surface area contributed by atoms with E-state index in [0.717, 1.165) is 17.2 Å². The van der Waals surface area contributed by atoms with Crippen molar-refractivity contribution in [3.05, 3.63) is 113 Å². The lowest BCUT2D eigenvalue weighted by molar-refractivity contribution is -0.0953. The molecule has 0 spiro atoms. The van der Waals surface area contributed by atoms with Crippen molar-refractivity contribution in [2.75, 3.05) is 7.05 Å². The Bertz CT molecular complexity index is 1440. The number of hydrazone groups is 1. The van der Waals surface area contributed by atoms with E-state index in [9.17, 15) is 18.3 Å². The summed E-state index contributed by atoms with van der Waals surface area (Å²) in [6.07, 6.45) is 0.520. The predicted octanol–water partition coefficient (Wildman–Crippen LogP) is 7.18. The second kappa shape index (κ2) is 11.5. The van der Waals surface area contributed by atoms with Crippen LogP contribution in [0.15, 0.2) is 95.9 Å². The van der Waals surface area contributed by atoms with Crippen molar-refractivity contribution >= 4 is 22.9 Å². The van der Waals surface area contributed by atoms with Crippen LogP contribution in [0.4, 0.5) is 13.2 Å². The first-order valence-corrected chi connectivity index (χ1v) is 12.0. The highest BCUT2D eigenvalue weighted by molar-refractivity contribution is 6.30. The van der Waals surface area contributed by atoms with E-state index in [4.69, 9.17) is 16.3 Å². The lowest BCUT2D eigenvalue weighted by atomic mass is 9.94. The molecule has 0 saturated carbocycles. The van der Waals surface area contributed by atoms with Gasteiger partial charge in [-0.25, -0.2) is 0 Å². The van der Waals surface area contributed by atoms with E-state index in [0.29, 0.717) is 27.6 Å². The summed E-state index contributed by atoms with van der Waals surface area (Å²) in [5.41, 5.74) is 5.55. The van der Waals surface area contributed by atoms with Gasteiger partial charge in [-0.1, -0.05) is 48.0 Å². The fraction of sp³-hybridized carbons (Fsp3) is 0.138. The van der Waals surface area contributed by atoms with Gasteiger partial charge in [-0.05, 0) is 71.7 Å². The summed E-state index contributed by atoms with van der Waals surface area (Å²) in [4.78, 5) is 0. The van der Waals surface area contributed by atoms with Gasteiger partial charge < -0.3 is 20.6 Å². The van der Waals surface area contributed by atoms with Crippen LogP contribution in [0.3, 0.4) is 0 Å². The average Bonchev–Trinajstić information content (AvgIpc) is 3.15. The third-order valence-electron chi connectivity index (χ3n) is 5.82. The third-order valence-corrected chi connectivity index (χ3v) is 6.07. The van der Waals surface area contributed by atoms with Crippen molar-refractivity contribution in [3.63, 3.8) is 0 Å². The van der Waals surface area contributed by atoms with Gasteiger partial charge in [-0.3, -0.25) is 0 Å². The van der Waals surface area contributed by atoms with Gasteiger partial charge in [0.25, 0.3) is 0 Å². The van der Waals surface area contributed by atoms with Crippen molar-refractivity contribution in [2.24, 2.45) is 5.10 Å². The molecule has 1 aliphatic heterocycles. The van der Waals surface area contributed by atoms with Gasteiger partial charge in [0.05, 0.1) is 11.3 Å². The molecule has 1 heterocycles. The van der Waals surface area contributed by atoms with Crippen LogP contribution in [0.1, 0.15) is 23.6 Å². The number of allylic oxidation sites excluding steroid dienone is 5. The van der Waals surface area contributed by atoms with E-state index >= 15 is 0 Å². The maximum Gasteiger partial charge on any atom is 0.431 e. The van der Waals surface area contributed by atoms with Crippen LogP contribution >= 0.6 is 11.6 Å². The van der Waals surface area contributed by atoms with E-state index in [1.807, 2.05) is 37.3 Å². The number of nitrogens with zero attached hydrogens (tertiary/aromatic N) is 1. The Morgan fingerprint density at radius 2 is 1.87 bits per heavy atom. The molecular formula is C29H25ClF3N3O2. The lowest BCUT2D eigenvalue weighted by Gasteiger charge is -2.18. The number of aromatic hydroxyl groups is 1. The first-order chi connectivity index (χ1) is 18.2. The normalized spacial score (nSPS) is 13.8. The van der Waals surface area contributed by atoms with E-state index in [-0.39, 0.29) is 23.5 Å². The van der Waals surface area contributed by atoms with Gasteiger partial charge in [0.1, 0.15) is 23.8 Å². The zero-order chi connectivity index (χ0) is 27.3. The molecule has 196 valence electrons. The highest BCUT2D eigenvalue weighted by atomic mass is 35.5. The number of alkyl halides is 3. The quantitative estimate of drug-likeness (QED) is 0.220. The van der Waals surface area contributed by atoms with E-state index < -0.39 is 11.9 Å². The van der Waals surface area contributed by atoms with Crippen LogP contribution in [0.25, 0.3) is 16.7 Å². The molecule has 38 heavy (non-hydrogen) atoms. The second-order valence-electron chi connectivity index (χ2n) is 8.43. The molecule has 0 amide bonds. The van der Waals surface area contributed by atoms with Crippen LogP contribution < -0.4 is 15.5 Å². The van der Waals surface area contributed by atoms with Gasteiger partial charge in [-0.15, -0.1) is 0 Å². The predicted molar refractivity (Wildman–Crippen MR) is 145 cm³/mol. The zero-order valence-electron chi connectivity index (χ0n) is 20.6. The third kappa shape index (κ3) is 6.20. The number of benzene rings is 3. The summed E-state index contributed by atoms with van der Waals surface area (Å²) in [5, 5.41) is 18.5. The van der Waals surface area contributed by atoms with Crippen LogP contribution in [-0.4, -0.2) is 24.0 Å². The lowest BCUT2D eigenvalue weighted by Crippen LogP contribution is -2.22. The van der Waals surface area contributed by atoms with Crippen molar-refractivity contribution in [1.29, 1.82) is 0 Å². The summed E-state index contributed by atoms with van der Waals surface area (Å²) >= 11 is 5.98. The minimum Gasteiger partial charge on any atom is -0.507 e. The van der Waals surface area contributed by atoms with Crippen molar-refractivity contribution < 1.29 is 23.0 Å². The maximum atomic E-state index is 13.5. The zero-order valence-corrected chi connectivity index (χ0v) is 21.4. The van der Waals surface area contributed by atoms with Crippen molar-refractivity contribution in [2.45, 2.75) is 19.7 Å². The Hall–Kier alpha value is -4.17. The number of nitrogens with one attached hydrogen (secondary N) is 2. The smallest absolute Gasteiger partial charge is 0.431 e. The van der Waals surface area contributed by atoms with Gasteiger partial charge in [0.15, 0.2) is 0 Å². The number of rotatable bonds is 7. The van der Waals surface area contributed by atoms with Crippen LogP contribution in [0.5, 0.6) is 11.5 Å². The largest absolute Gasteiger partial charge is 0.507 e. The standard InChI is InChI=1S/C29H25ClF3N3O2/c1-18(36-34-2)20-5-3-6-22(15-20)27-25(38-17-19-8-10-23(30)11-9-19)13-12-24(28(27)37)21-7-4-14-35-26(16-21)29(31,32)33/h3-16,34-35,37H,17H2,1-2H3/b36-18-. The van der Waals surface area contributed by atoms with Gasteiger partial charge in [-0.2, -0.15) is 18.3 Å². The molecule has 0 aromatic heterocycles. The molecule has 3 aromatic carbocycles. The second-order valence-corrected chi connectivity index (χ2v) is 8.87. The summed E-state index contributed by atoms with van der Waals surface area (Å²) in [7, 11) is 1.69. The highest BCUT2D eigenvalue weighted by Crippen LogP contribution is 2.44. The topological polar surface area (TPSA) is 65.9 Å². The molecule has 0 aliphatic carbocycles. The summed E-state index contributed by atoms with van der Waals surface area (Å²) in [6.45, 7) is 2.03. The number of phenolic OH excluding ortho intramolecular Hbond substituents is 1. The van der Waals surface area contributed by atoms with Gasteiger partial charge >= 0.3 is 6.18 Å². The molecular weight excluding hydrogens is 515 g/mol. The number of ether oxygens (including phenoxy) is 1. The Morgan fingerprint density at radius 1 is 1.11 bits per heavy atom. The van der Waals surface area contributed by atoms with Crippen LogP contribution in [0.2, 0.25) is 5.02 Å². The maximum absolute atomic E-state index is 13.5. The van der Waals surface area contributed by atoms with E-state index in [1.165, 1.54) is 18.4 Å². The monoisotopic (exact) mass is 539 g/mol. The van der Waals surface area contributed by atoms with Crippen LogP contribution in [0, 0.1) is 0 Å². The Morgan fingerprint density at radius 3 is 2.58 bits per heavy atom. The molecule has 1 aliphatic rings. The highest BCUT2D eigenvalue weighted by Gasteiger charge is 2.34. The Kier molecular flexibility index (Phi) is 8.12. The molecule has 0 bridgehead atoms. The van der Waals surface area contributed by atoms with Gasteiger partial charge in [0.2, 0.25) is 0 Å². The summed E-state index contributed by atoms with van der Waals surface area (Å²) in [6, 6.07) is 17.7. The fourth-order valence-electron chi connectivity index (χ4n) is 3.94. The summed E-state index contributed by atoms with van der Waals surface area (Å²) < 4.78 is 46.6. The van der Waals surface area contributed by atoms with Crippen LogP contribution in [-0.2, 0) is 6.61 Å².